The first-order valence-corrected chi connectivity index (χ1v) is 9.19. The third-order valence-corrected chi connectivity index (χ3v) is 4.28. The highest BCUT2D eigenvalue weighted by atomic mass is 16.5. The molecule has 6 nitrogen and oxygen atoms in total. The number of methoxy groups -OCH3 is 1. The van der Waals surface area contributed by atoms with Crippen molar-refractivity contribution in [1.29, 1.82) is 0 Å². The molecule has 0 aromatic heterocycles. The van der Waals surface area contributed by atoms with Gasteiger partial charge in [-0.15, -0.1) is 0 Å². The molecular formula is C22H27NO5. The van der Waals surface area contributed by atoms with Crippen LogP contribution in [-0.2, 0) is 20.9 Å². The predicted molar refractivity (Wildman–Crippen MR) is 108 cm³/mol. The Hall–Kier alpha value is -2.86. The van der Waals surface area contributed by atoms with E-state index < -0.39 is 12.1 Å². The molecule has 0 fully saturated rings. The third kappa shape index (κ3) is 5.57. The number of rotatable bonds is 8. The van der Waals surface area contributed by atoms with Crippen LogP contribution in [0.25, 0.3) is 0 Å². The molecule has 0 heterocycles. The lowest BCUT2D eigenvalue weighted by atomic mass is 10.1. The fourth-order valence-electron chi connectivity index (χ4n) is 2.62. The standard InChI is InChI=1S/C22H27NO5/c1-6-27-13-18-12-17(9-10-20(18)26-5)22(25)28-16(4)21(24)23-19-11-14(2)7-8-15(19)3/h7-12,16H,6,13H2,1-5H3,(H,23,24)/t16-/m0/s1. The minimum Gasteiger partial charge on any atom is -0.496 e. The Bertz CT molecular complexity index is 847. The third-order valence-electron chi connectivity index (χ3n) is 4.28. The van der Waals surface area contributed by atoms with E-state index in [4.69, 9.17) is 14.2 Å². The molecule has 0 saturated heterocycles. The van der Waals surface area contributed by atoms with Gasteiger partial charge in [-0.1, -0.05) is 12.1 Å². The van der Waals surface area contributed by atoms with Gasteiger partial charge >= 0.3 is 5.97 Å². The number of hydrogen-bond acceptors (Lipinski definition) is 5. The molecule has 2 aromatic carbocycles. The van der Waals surface area contributed by atoms with Crippen LogP contribution in [-0.4, -0.2) is 31.7 Å². The van der Waals surface area contributed by atoms with Crippen molar-refractivity contribution in [1.82, 2.24) is 0 Å². The molecule has 1 atom stereocenters. The normalized spacial score (nSPS) is 11.6. The number of ether oxygens (including phenoxy) is 3. The summed E-state index contributed by atoms with van der Waals surface area (Å²) in [5.41, 5.74) is 3.75. The lowest BCUT2D eigenvalue weighted by Crippen LogP contribution is -2.30. The molecule has 2 aromatic rings. The summed E-state index contributed by atoms with van der Waals surface area (Å²) < 4.78 is 16.0. The Morgan fingerprint density at radius 2 is 1.86 bits per heavy atom. The molecule has 0 bridgehead atoms. The van der Waals surface area contributed by atoms with Crippen molar-refractivity contribution in [3.63, 3.8) is 0 Å². The summed E-state index contributed by atoms with van der Waals surface area (Å²) in [6.07, 6.45) is -0.940. The number of amides is 1. The molecule has 0 aliphatic rings. The Morgan fingerprint density at radius 1 is 1.11 bits per heavy atom. The fourth-order valence-corrected chi connectivity index (χ4v) is 2.62. The summed E-state index contributed by atoms with van der Waals surface area (Å²) in [5, 5.41) is 2.81. The smallest absolute Gasteiger partial charge is 0.338 e. The second-order valence-electron chi connectivity index (χ2n) is 6.52. The van der Waals surface area contributed by atoms with Gasteiger partial charge in [0, 0.05) is 17.9 Å². The highest BCUT2D eigenvalue weighted by Gasteiger charge is 2.20. The summed E-state index contributed by atoms with van der Waals surface area (Å²) in [6, 6.07) is 10.7. The molecule has 28 heavy (non-hydrogen) atoms. The van der Waals surface area contributed by atoms with E-state index >= 15 is 0 Å². The molecule has 0 spiro atoms. The monoisotopic (exact) mass is 385 g/mol. The van der Waals surface area contributed by atoms with Crippen molar-refractivity contribution < 1.29 is 23.8 Å². The van der Waals surface area contributed by atoms with Gasteiger partial charge in [-0.2, -0.15) is 0 Å². The summed E-state index contributed by atoms with van der Waals surface area (Å²) in [4.78, 5) is 24.9. The Morgan fingerprint density at radius 3 is 2.54 bits per heavy atom. The number of esters is 1. The quantitative estimate of drug-likeness (QED) is 0.695. The van der Waals surface area contributed by atoms with Gasteiger partial charge in [0.15, 0.2) is 6.10 Å². The Kier molecular flexibility index (Phi) is 7.58. The number of carbonyl (C=O) groups is 2. The van der Waals surface area contributed by atoms with E-state index in [2.05, 4.69) is 5.32 Å². The van der Waals surface area contributed by atoms with Crippen LogP contribution in [0.1, 0.15) is 40.9 Å². The van der Waals surface area contributed by atoms with Crippen LogP contribution in [0.5, 0.6) is 5.75 Å². The summed E-state index contributed by atoms with van der Waals surface area (Å²) >= 11 is 0. The molecule has 1 amide bonds. The summed E-state index contributed by atoms with van der Waals surface area (Å²) in [5.74, 6) is -0.333. The van der Waals surface area contributed by atoms with E-state index in [-0.39, 0.29) is 5.91 Å². The van der Waals surface area contributed by atoms with Gasteiger partial charge in [0.05, 0.1) is 19.3 Å². The number of benzene rings is 2. The van der Waals surface area contributed by atoms with Gasteiger partial charge in [-0.25, -0.2) is 4.79 Å². The summed E-state index contributed by atoms with van der Waals surface area (Å²) in [6.45, 7) is 8.16. The lowest BCUT2D eigenvalue weighted by Gasteiger charge is -2.16. The van der Waals surface area contributed by atoms with E-state index in [1.54, 1.807) is 32.2 Å². The Balaban J connectivity index is 2.06. The molecule has 1 N–H and O–H groups in total. The average Bonchev–Trinajstić information content (AvgIpc) is 2.68. The minimum absolute atomic E-state index is 0.323. The zero-order valence-corrected chi connectivity index (χ0v) is 17.0. The topological polar surface area (TPSA) is 73.9 Å². The van der Waals surface area contributed by atoms with Gasteiger partial charge in [0.25, 0.3) is 5.91 Å². The van der Waals surface area contributed by atoms with Crippen LogP contribution in [0.15, 0.2) is 36.4 Å². The maximum Gasteiger partial charge on any atom is 0.338 e. The second kappa shape index (κ2) is 9.90. The molecule has 150 valence electrons. The minimum atomic E-state index is -0.940. The first-order valence-electron chi connectivity index (χ1n) is 9.19. The van der Waals surface area contributed by atoms with Gasteiger partial charge < -0.3 is 19.5 Å². The number of anilines is 1. The number of hydrogen-bond donors (Lipinski definition) is 1. The average molecular weight is 385 g/mol. The fraction of sp³-hybridized carbons (Fsp3) is 0.364. The van der Waals surface area contributed by atoms with Crippen molar-refractivity contribution in [3.05, 3.63) is 58.7 Å². The van der Waals surface area contributed by atoms with E-state index in [1.807, 2.05) is 39.0 Å². The van der Waals surface area contributed by atoms with Gasteiger partial charge in [-0.3, -0.25) is 4.79 Å². The van der Waals surface area contributed by atoms with Crippen molar-refractivity contribution in [3.8, 4) is 5.75 Å². The van der Waals surface area contributed by atoms with Crippen LogP contribution < -0.4 is 10.1 Å². The van der Waals surface area contributed by atoms with Gasteiger partial charge in [0.2, 0.25) is 0 Å². The van der Waals surface area contributed by atoms with Crippen LogP contribution >= 0.6 is 0 Å². The largest absolute Gasteiger partial charge is 0.496 e. The SMILES string of the molecule is CCOCc1cc(C(=O)O[C@@H](C)C(=O)Nc2cc(C)ccc2C)ccc1OC. The highest BCUT2D eigenvalue weighted by molar-refractivity contribution is 5.97. The Labute approximate surface area is 165 Å². The number of nitrogens with one attached hydrogen (secondary N) is 1. The van der Waals surface area contributed by atoms with E-state index in [0.29, 0.717) is 30.2 Å². The molecule has 0 saturated carbocycles. The first-order chi connectivity index (χ1) is 13.3. The second-order valence-corrected chi connectivity index (χ2v) is 6.52. The molecule has 6 heteroatoms. The van der Waals surface area contributed by atoms with Crippen molar-refractivity contribution in [2.75, 3.05) is 19.0 Å². The van der Waals surface area contributed by atoms with Crippen molar-refractivity contribution >= 4 is 17.6 Å². The number of aryl methyl sites for hydroxylation is 2. The highest BCUT2D eigenvalue weighted by Crippen LogP contribution is 2.22. The summed E-state index contributed by atoms with van der Waals surface area (Å²) in [7, 11) is 1.56. The van der Waals surface area contributed by atoms with Crippen LogP contribution in [0, 0.1) is 13.8 Å². The number of carbonyl (C=O) groups excluding carboxylic acids is 2. The van der Waals surface area contributed by atoms with Gasteiger partial charge in [-0.05, 0) is 63.1 Å². The maximum absolute atomic E-state index is 12.5. The first kappa shape index (κ1) is 21.4. The van der Waals surface area contributed by atoms with Crippen LogP contribution in [0.3, 0.4) is 0 Å². The zero-order chi connectivity index (χ0) is 20.7. The van der Waals surface area contributed by atoms with E-state index in [0.717, 1.165) is 16.7 Å². The zero-order valence-electron chi connectivity index (χ0n) is 17.0. The molecule has 0 radical (unpaired) electrons. The molecule has 2 rings (SSSR count). The maximum atomic E-state index is 12.5. The van der Waals surface area contributed by atoms with Crippen LogP contribution in [0.2, 0.25) is 0 Å². The molecular weight excluding hydrogens is 358 g/mol. The van der Waals surface area contributed by atoms with Gasteiger partial charge in [0.1, 0.15) is 5.75 Å². The van der Waals surface area contributed by atoms with Crippen molar-refractivity contribution in [2.45, 2.75) is 40.4 Å². The molecule has 0 unspecified atom stereocenters. The van der Waals surface area contributed by atoms with Crippen molar-refractivity contribution in [2.24, 2.45) is 0 Å². The van der Waals surface area contributed by atoms with E-state index in [9.17, 15) is 9.59 Å². The van der Waals surface area contributed by atoms with Crippen LogP contribution in [0.4, 0.5) is 5.69 Å². The van der Waals surface area contributed by atoms with E-state index in [1.165, 1.54) is 0 Å². The molecule has 0 aliphatic carbocycles. The molecule has 0 aliphatic heterocycles. The predicted octanol–water partition coefficient (Wildman–Crippen LogP) is 4.03. The lowest BCUT2D eigenvalue weighted by molar-refractivity contribution is -0.123.